The smallest absolute Gasteiger partial charge is 0.321 e. The van der Waals surface area contributed by atoms with E-state index >= 15 is 0 Å². The number of methoxy groups -OCH3 is 1. The predicted molar refractivity (Wildman–Crippen MR) is 88.8 cm³/mol. The summed E-state index contributed by atoms with van der Waals surface area (Å²) in [6, 6.07) is 7.15. The Bertz CT molecular complexity index is 556. The number of anilines is 1. The number of nitrogens with one attached hydrogen (secondary N) is 2. The maximum atomic E-state index is 12.0. The first-order valence-corrected chi connectivity index (χ1v) is 7.70. The van der Waals surface area contributed by atoms with E-state index < -0.39 is 6.03 Å². The molecule has 1 aromatic carbocycles. The molecule has 1 fully saturated rings. The second kappa shape index (κ2) is 7.82. The van der Waals surface area contributed by atoms with Gasteiger partial charge in [0.25, 0.3) is 0 Å². The molecule has 0 spiro atoms. The van der Waals surface area contributed by atoms with E-state index in [9.17, 15) is 9.59 Å². The third kappa shape index (κ3) is 4.35. The Kier molecular flexibility index (Phi) is 5.81. The van der Waals surface area contributed by atoms with Crippen molar-refractivity contribution in [1.82, 2.24) is 15.5 Å². The van der Waals surface area contributed by atoms with E-state index in [1.54, 1.807) is 7.11 Å². The molecule has 1 aromatic rings. The van der Waals surface area contributed by atoms with Crippen LogP contribution in [-0.2, 0) is 4.79 Å². The van der Waals surface area contributed by atoms with Crippen LogP contribution in [0.25, 0.3) is 0 Å². The Morgan fingerprint density at radius 1 is 1.22 bits per heavy atom. The minimum atomic E-state index is -0.475. The normalized spacial score (nSPS) is 16.6. The van der Waals surface area contributed by atoms with Gasteiger partial charge in [-0.25, -0.2) is 4.79 Å². The maximum absolute atomic E-state index is 12.0. The number of benzene rings is 1. The fourth-order valence-electron chi connectivity index (χ4n) is 2.62. The zero-order chi connectivity index (χ0) is 16.8. The lowest BCUT2D eigenvalue weighted by atomic mass is 10.2. The molecule has 7 heteroatoms. The molecule has 126 valence electrons. The van der Waals surface area contributed by atoms with Crippen LogP contribution in [0.15, 0.2) is 24.3 Å². The van der Waals surface area contributed by atoms with E-state index in [-0.39, 0.29) is 11.9 Å². The molecule has 0 aromatic heterocycles. The van der Waals surface area contributed by atoms with Crippen molar-refractivity contribution in [3.05, 3.63) is 24.3 Å². The molecule has 23 heavy (non-hydrogen) atoms. The number of urea groups is 1. The first-order chi connectivity index (χ1) is 11.0. The van der Waals surface area contributed by atoms with E-state index in [1.165, 1.54) is 7.05 Å². The molecule has 1 saturated heterocycles. The molecule has 0 saturated carbocycles. The van der Waals surface area contributed by atoms with Crippen LogP contribution in [0.2, 0.25) is 0 Å². The van der Waals surface area contributed by atoms with E-state index in [2.05, 4.69) is 26.5 Å². The van der Waals surface area contributed by atoms with Crippen LogP contribution in [0, 0.1) is 0 Å². The van der Waals surface area contributed by atoms with Crippen LogP contribution in [-0.4, -0.2) is 63.2 Å². The Hall–Kier alpha value is -2.28. The van der Waals surface area contributed by atoms with Crippen LogP contribution >= 0.6 is 0 Å². The first-order valence-electron chi connectivity index (χ1n) is 7.70. The maximum Gasteiger partial charge on any atom is 0.321 e. The van der Waals surface area contributed by atoms with Crippen LogP contribution in [0.3, 0.4) is 0 Å². The Labute approximate surface area is 136 Å². The second-order valence-electron chi connectivity index (χ2n) is 5.47. The van der Waals surface area contributed by atoms with Gasteiger partial charge in [0.15, 0.2) is 0 Å². The number of piperazine rings is 1. The van der Waals surface area contributed by atoms with Gasteiger partial charge < -0.3 is 15.0 Å². The highest BCUT2D eigenvalue weighted by Gasteiger charge is 2.26. The molecule has 7 nitrogen and oxygen atoms in total. The van der Waals surface area contributed by atoms with Gasteiger partial charge in [0.2, 0.25) is 5.91 Å². The summed E-state index contributed by atoms with van der Waals surface area (Å²) in [7, 11) is 3.14. The van der Waals surface area contributed by atoms with E-state index in [0.29, 0.717) is 0 Å². The number of ether oxygens (including phenoxy) is 1. The molecule has 2 N–H and O–H groups in total. The lowest BCUT2D eigenvalue weighted by Crippen LogP contribution is -2.55. The third-order valence-electron chi connectivity index (χ3n) is 4.12. The highest BCUT2D eigenvalue weighted by atomic mass is 16.5. The topological polar surface area (TPSA) is 73.9 Å². The zero-order valence-electron chi connectivity index (χ0n) is 13.8. The lowest BCUT2D eigenvalue weighted by Gasteiger charge is -2.38. The van der Waals surface area contributed by atoms with E-state index in [4.69, 9.17) is 4.74 Å². The van der Waals surface area contributed by atoms with Crippen molar-refractivity contribution in [1.29, 1.82) is 0 Å². The van der Waals surface area contributed by atoms with E-state index in [1.807, 2.05) is 25.1 Å². The van der Waals surface area contributed by atoms with Gasteiger partial charge in [0, 0.05) is 45.0 Å². The number of carbonyl (C=O) groups is 2. The standard InChI is InChI=1S/C16H24N4O3/c1-12(15(21)18-16(22)17-2)19-7-9-20(10-8-19)13-5-4-6-14(11-13)23-3/h4-6,11-12H,7-10H2,1-3H3,(H2,17,18,21,22). The van der Waals surface area contributed by atoms with Gasteiger partial charge in [-0.15, -0.1) is 0 Å². The molecule has 1 atom stereocenters. The van der Waals surface area contributed by atoms with Crippen LogP contribution in [0.5, 0.6) is 5.75 Å². The molecule has 1 aliphatic rings. The average molecular weight is 320 g/mol. The van der Waals surface area contributed by atoms with Gasteiger partial charge in [0.1, 0.15) is 5.75 Å². The second-order valence-corrected chi connectivity index (χ2v) is 5.47. The highest BCUT2D eigenvalue weighted by Crippen LogP contribution is 2.22. The molecular weight excluding hydrogens is 296 g/mol. The highest BCUT2D eigenvalue weighted by molar-refractivity contribution is 5.96. The monoisotopic (exact) mass is 320 g/mol. The van der Waals surface area contributed by atoms with Crippen LogP contribution in [0.4, 0.5) is 10.5 Å². The molecule has 0 radical (unpaired) electrons. The fourth-order valence-corrected chi connectivity index (χ4v) is 2.62. The first kappa shape index (κ1) is 17.1. The number of hydrogen-bond acceptors (Lipinski definition) is 5. The van der Waals surface area contributed by atoms with Crippen LogP contribution < -0.4 is 20.3 Å². The average Bonchev–Trinajstić information content (AvgIpc) is 2.61. The van der Waals surface area contributed by atoms with Gasteiger partial charge in [-0.2, -0.15) is 0 Å². The summed E-state index contributed by atoms with van der Waals surface area (Å²) in [4.78, 5) is 27.6. The third-order valence-corrected chi connectivity index (χ3v) is 4.12. The summed E-state index contributed by atoms with van der Waals surface area (Å²) in [5.74, 6) is 0.558. The summed E-state index contributed by atoms with van der Waals surface area (Å²) < 4.78 is 5.26. The number of rotatable bonds is 4. The van der Waals surface area contributed by atoms with Gasteiger partial charge in [-0.1, -0.05) is 6.07 Å². The zero-order valence-corrected chi connectivity index (χ0v) is 13.8. The van der Waals surface area contributed by atoms with Crippen molar-refractivity contribution in [2.75, 3.05) is 45.2 Å². The summed E-state index contributed by atoms with van der Waals surface area (Å²) in [6.45, 7) is 4.99. The number of amides is 3. The van der Waals surface area contributed by atoms with Gasteiger partial charge in [-0.3, -0.25) is 15.0 Å². The molecular formula is C16H24N4O3. The summed E-state index contributed by atoms with van der Waals surface area (Å²) in [5.41, 5.74) is 1.12. The molecule has 3 amide bonds. The van der Waals surface area contributed by atoms with Crippen molar-refractivity contribution in [2.24, 2.45) is 0 Å². The Morgan fingerprint density at radius 2 is 1.91 bits per heavy atom. The molecule has 0 bridgehead atoms. The Morgan fingerprint density at radius 3 is 2.52 bits per heavy atom. The molecule has 1 aliphatic heterocycles. The molecule has 1 unspecified atom stereocenters. The van der Waals surface area contributed by atoms with E-state index in [0.717, 1.165) is 37.6 Å². The number of carbonyl (C=O) groups excluding carboxylic acids is 2. The summed E-state index contributed by atoms with van der Waals surface area (Å²) in [6.07, 6.45) is 0. The van der Waals surface area contributed by atoms with Gasteiger partial charge >= 0.3 is 6.03 Å². The molecule has 0 aliphatic carbocycles. The number of hydrogen-bond donors (Lipinski definition) is 2. The van der Waals surface area contributed by atoms with Crippen molar-refractivity contribution < 1.29 is 14.3 Å². The van der Waals surface area contributed by atoms with Crippen molar-refractivity contribution in [2.45, 2.75) is 13.0 Å². The SMILES string of the molecule is CNC(=O)NC(=O)C(C)N1CCN(c2cccc(OC)c2)CC1. The molecule has 1 heterocycles. The lowest BCUT2D eigenvalue weighted by molar-refractivity contribution is -0.124. The van der Waals surface area contributed by atoms with Gasteiger partial charge in [0.05, 0.1) is 13.2 Å². The van der Waals surface area contributed by atoms with Gasteiger partial charge in [-0.05, 0) is 19.1 Å². The minimum Gasteiger partial charge on any atom is -0.497 e. The summed E-state index contributed by atoms with van der Waals surface area (Å²) >= 11 is 0. The van der Waals surface area contributed by atoms with Crippen molar-refractivity contribution in [3.8, 4) is 5.75 Å². The minimum absolute atomic E-state index is 0.279. The van der Waals surface area contributed by atoms with Crippen molar-refractivity contribution in [3.63, 3.8) is 0 Å². The predicted octanol–water partition coefficient (Wildman–Crippen LogP) is 0.661. The largest absolute Gasteiger partial charge is 0.497 e. The summed E-state index contributed by atoms with van der Waals surface area (Å²) in [5, 5.41) is 4.71. The Balaban J connectivity index is 1.90. The fraction of sp³-hybridized carbons (Fsp3) is 0.500. The number of imide groups is 1. The molecule has 2 rings (SSSR count). The quantitative estimate of drug-likeness (QED) is 0.853. The van der Waals surface area contributed by atoms with Crippen molar-refractivity contribution >= 4 is 17.6 Å². The van der Waals surface area contributed by atoms with Crippen LogP contribution in [0.1, 0.15) is 6.92 Å². The number of nitrogens with zero attached hydrogens (tertiary/aromatic N) is 2.